The van der Waals surface area contributed by atoms with E-state index in [2.05, 4.69) is 40.4 Å². The first kappa shape index (κ1) is 23.6. The predicted molar refractivity (Wildman–Crippen MR) is 129 cm³/mol. The molecule has 1 amide bonds. The second kappa shape index (κ2) is 10.1. The van der Waals surface area contributed by atoms with Gasteiger partial charge in [-0.3, -0.25) is 14.3 Å². The molecule has 1 atom stereocenters. The van der Waals surface area contributed by atoms with Crippen molar-refractivity contribution in [3.63, 3.8) is 0 Å². The number of aromatic nitrogens is 4. The summed E-state index contributed by atoms with van der Waals surface area (Å²) in [6, 6.07) is 14.7. The summed E-state index contributed by atoms with van der Waals surface area (Å²) >= 11 is 1.20. The summed E-state index contributed by atoms with van der Waals surface area (Å²) in [5, 5.41) is 11.2. The van der Waals surface area contributed by atoms with Gasteiger partial charge in [-0.2, -0.15) is 0 Å². The van der Waals surface area contributed by atoms with E-state index in [1.807, 2.05) is 34.9 Å². The van der Waals surface area contributed by atoms with Crippen molar-refractivity contribution in [3.8, 4) is 17.1 Å². The van der Waals surface area contributed by atoms with E-state index < -0.39 is 22.8 Å². The van der Waals surface area contributed by atoms with E-state index in [1.165, 1.54) is 17.8 Å². The number of para-hydroxylation sites is 1. The van der Waals surface area contributed by atoms with Crippen LogP contribution in [0.3, 0.4) is 0 Å². The van der Waals surface area contributed by atoms with Crippen LogP contribution in [0.4, 0.5) is 14.5 Å². The third-order valence-electron chi connectivity index (χ3n) is 5.19. The Hall–Kier alpha value is -3.59. The molecule has 0 fully saturated rings. The molecule has 0 radical (unpaired) electrons. The van der Waals surface area contributed by atoms with Crippen LogP contribution in [-0.2, 0) is 4.79 Å². The van der Waals surface area contributed by atoms with Gasteiger partial charge in [-0.25, -0.2) is 8.78 Å². The summed E-state index contributed by atoms with van der Waals surface area (Å²) in [5.41, 5.74) is 2.70. The maximum atomic E-state index is 14.0. The van der Waals surface area contributed by atoms with Gasteiger partial charge in [0.2, 0.25) is 5.91 Å². The maximum Gasteiger partial charge on any atom is 0.237 e. The van der Waals surface area contributed by atoms with E-state index in [9.17, 15) is 13.6 Å². The Morgan fingerprint density at radius 2 is 1.82 bits per heavy atom. The van der Waals surface area contributed by atoms with Crippen LogP contribution in [0.15, 0.2) is 72.1 Å². The number of carbonyl (C=O) groups is 1. The third-order valence-corrected chi connectivity index (χ3v) is 6.24. The third kappa shape index (κ3) is 4.99. The van der Waals surface area contributed by atoms with Gasteiger partial charge >= 0.3 is 0 Å². The minimum atomic E-state index is -0.835. The van der Waals surface area contributed by atoms with E-state index in [4.69, 9.17) is 0 Å². The molecule has 0 spiro atoms. The predicted octanol–water partition coefficient (Wildman–Crippen LogP) is 5.85. The number of hydrogen-bond donors (Lipinski definition) is 1. The molecule has 2 heterocycles. The summed E-state index contributed by atoms with van der Waals surface area (Å²) in [6.45, 7) is 5.90. The fraction of sp³-hybridized carbons (Fsp3) is 0.200. The highest BCUT2D eigenvalue weighted by Gasteiger charge is 2.24. The summed E-state index contributed by atoms with van der Waals surface area (Å²) in [6.07, 6.45) is 3.39. The number of carbonyl (C=O) groups excluding carboxylic acids is 1. The van der Waals surface area contributed by atoms with Gasteiger partial charge in [0.05, 0.1) is 16.6 Å². The number of pyridine rings is 1. The number of benzene rings is 2. The molecule has 0 aliphatic heterocycles. The van der Waals surface area contributed by atoms with Crippen molar-refractivity contribution in [2.75, 3.05) is 5.32 Å². The molecule has 2 aromatic heterocycles. The lowest BCUT2D eigenvalue weighted by atomic mass is 10.0. The Bertz CT molecular complexity index is 1310. The van der Waals surface area contributed by atoms with Crippen LogP contribution in [0.2, 0.25) is 0 Å². The van der Waals surface area contributed by atoms with Gasteiger partial charge < -0.3 is 5.32 Å². The van der Waals surface area contributed by atoms with Crippen molar-refractivity contribution < 1.29 is 13.6 Å². The van der Waals surface area contributed by atoms with Gasteiger partial charge in [-0.1, -0.05) is 43.8 Å². The summed E-state index contributed by atoms with van der Waals surface area (Å²) in [4.78, 5) is 17.0. The highest BCUT2D eigenvalue weighted by atomic mass is 32.2. The summed E-state index contributed by atoms with van der Waals surface area (Å²) in [5.74, 6) is -1.15. The Kier molecular flexibility index (Phi) is 7.02. The number of anilines is 1. The number of rotatable bonds is 7. The van der Waals surface area contributed by atoms with E-state index in [0.29, 0.717) is 11.0 Å². The molecule has 6 nitrogen and oxygen atoms in total. The van der Waals surface area contributed by atoms with E-state index in [1.54, 1.807) is 19.3 Å². The van der Waals surface area contributed by atoms with Crippen molar-refractivity contribution in [1.82, 2.24) is 19.7 Å². The monoisotopic (exact) mass is 479 g/mol. The fourth-order valence-electron chi connectivity index (χ4n) is 3.46. The Labute approximate surface area is 200 Å². The Morgan fingerprint density at radius 3 is 2.53 bits per heavy atom. The van der Waals surface area contributed by atoms with Crippen LogP contribution < -0.4 is 5.32 Å². The van der Waals surface area contributed by atoms with Crippen LogP contribution in [0.1, 0.15) is 32.3 Å². The maximum absolute atomic E-state index is 14.0. The molecular formula is C25H23F2N5OS. The quantitative estimate of drug-likeness (QED) is 0.337. The second-order valence-corrected chi connectivity index (χ2v) is 9.28. The first-order valence-electron chi connectivity index (χ1n) is 10.7. The molecule has 2 aromatic carbocycles. The van der Waals surface area contributed by atoms with E-state index in [-0.39, 0.29) is 11.6 Å². The average molecular weight is 480 g/mol. The molecule has 0 saturated carbocycles. The van der Waals surface area contributed by atoms with Crippen LogP contribution in [0.25, 0.3) is 17.1 Å². The van der Waals surface area contributed by atoms with Gasteiger partial charge in [0, 0.05) is 24.0 Å². The van der Waals surface area contributed by atoms with Gasteiger partial charge in [0.1, 0.15) is 11.6 Å². The number of thioether (sulfide) groups is 1. The lowest BCUT2D eigenvalue weighted by Crippen LogP contribution is -2.23. The first-order chi connectivity index (χ1) is 16.3. The van der Waals surface area contributed by atoms with Gasteiger partial charge in [0.25, 0.3) is 0 Å². The molecular weight excluding hydrogens is 456 g/mol. The van der Waals surface area contributed by atoms with Gasteiger partial charge in [-0.05, 0) is 48.7 Å². The zero-order valence-electron chi connectivity index (χ0n) is 18.9. The van der Waals surface area contributed by atoms with Crippen molar-refractivity contribution in [1.29, 1.82) is 0 Å². The highest BCUT2D eigenvalue weighted by molar-refractivity contribution is 8.00. The normalized spacial score (nSPS) is 12.1. The van der Waals surface area contributed by atoms with E-state index >= 15 is 0 Å². The topological polar surface area (TPSA) is 72.7 Å². The fourth-order valence-corrected chi connectivity index (χ4v) is 4.32. The van der Waals surface area contributed by atoms with Crippen LogP contribution >= 0.6 is 11.8 Å². The molecule has 0 aliphatic carbocycles. The number of halogens is 2. The highest BCUT2D eigenvalue weighted by Crippen LogP contribution is 2.33. The number of amides is 1. The molecule has 4 rings (SSSR count). The van der Waals surface area contributed by atoms with E-state index in [0.717, 1.165) is 28.9 Å². The second-order valence-electron chi connectivity index (χ2n) is 7.97. The molecule has 174 valence electrons. The molecule has 1 unspecified atom stereocenters. The van der Waals surface area contributed by atoms with Crippen molar-refractivity contribution in [3.05, 3.63) is 84.2 Å². The van der Waals surface area contributed by atoms with Gasteiger partial charge in [-0.15, -0.1) is 10.2 Å². The lowest BCUT2D eigenvalue weighted by Gasteiger charge is -2.18. The first-order valence-corrected chi connectivity index (χ1v) is 11.6. The smallest absolute Gasteiger partial charge is 0.237 e. The van der Waals surface area contributed by atoms with Crippen LogP contribution in [0.5, 0.6) is 0 Å². The van der Waals surface area contributed by atoms with Crippen molar-refractivity contribution in [2.45, 2.75) is 37.1 Å². The van der Waals surface area contributed by atoms with Crippen molar-refractivity contribution in [2.24, 2.45) is 0 Å². The molecule has 0 aliphatic rings. The minimum Gasteiger partial charge on any atom is -0.323 e. The minimum absolute atomic E-state index is 0.0819. The number of nitrogens with one attached hydrogen (secondary N) is 1. The molecule has 0 bridgehead atoms. The summed E-state index contributed by atoms with van der Waals surface area (Å²) in [7, 11) is 0. The Balaban J connectivity index is 1.70. The zero-order chi connectivity index (χ0) is 24.2. The van der Waals surface area contributed by atoms with Crippen molar-refractivity contribution >= 4 is 23.4 Å². The molecule has 1 N–H and O–H groups in total. The molecule has 34 heavy (non-hydrogen) atoms. The summed E-state index contributed by atoms with van der Waals surface area (Å²) < 4.78 is 29.1. The average Bonchev–Trinajstić information content (AvgIpc) is 3.24. The zero-order valence-corrected chi connectivity index (χ0v) is 19.7. The standard InChI is InChI=1S/C25H23F2N5OS/c1-15(2)19-8-4-5-9-22(19)32-23(17-7-6-12-28-14-17)30-31-25(32)34-16(3)24(33)29-21-11-10-18(26)13-20(21)27/h4-16H,1-3H3,(H,29,33). The number of nitrogens with zero attached hydrogens (tertiary/aromatic N) is 4. The Morgan fingerprint density at radius 1 is 1.03 bits per heavy atom. The van der Waals surface area contributed by atoms with Crippen LogP contribution in [0, 0.1) is 11.6 Å². The molecule has 9 heteroatoms. The van der Waals surface area contributed by atoms with Gasteiger partial charge in [0.15, 0.2) is 11.0 Å². The molecule has 0 saturated heterocycles. The largest absolute Gasteiger partial charge is 0.323 e. The SMILES string of the molecule is CC(Sc1nnc(-c2cccnc2)n1-c1ccccc1C(C)C)C(=O)Nc1ccc(F)cc1F. The number of hydrogen-bond acceptors (Lipinski definition) is 5. The molecule has 4 aromatic rings. The van der Waals surface area contributed by atoms with Crippen LogP contribution in [-0.4, -0.2) is 30.9 Å². The lowest BCUT2D eigenvalue weighted by molar-refractivity contribution is -0.115.